The highest BCUT2D eigenvalue weighted by Crippen LogP contribution is 2.20. The quantitative estimate of drug-likeness (QED) is 0.431. The fraction of sp³-hybridized carbons (Fsp3) is 0.615. The molecule has 0 spiro atoms. The Hall–Kier alpha value is -1.89. The molecule has 112 valence electrons. The highest BCUT2D eigenvalue weighted by molar-refractivity contribution is 5.54. The van der Waals surface area contributed by atoms with Crippen molar-refractivity contribution in [3.8, 4) is 0 Å². The molecule has 1 rings (SSSR count). The van der Waals surface area contributed by atoms with E-state index in [1.54, 1.807) is 7.05 Å². The minimum Gasteiger partial charge on any atom is -0.373 e. The first kappa shape index (κ1) is 16.2. The first-order valence-electron chi connectivity index (χ1n) is 6.72. The Morgan fingerprint density at radius 1 is 1.40 bits per heavy atom. The number of pyridine rings is 1. The maximum Gasteiger partial charge on any atom is 0.276 e. The Balaban J connectivity index is 2.55. The predicted octanol–water partition coefficient (Wildman–Crippen LogP) is 2.17. The number of anilines is 2. The Morgan fingerprint density at radius 2 is 2.05 bits per heavy atom. The molecule has 7 nitrogen and oxygen atoms in total. The number of nitrogens with one attached hydrogen (secondary N) is 2. The fourth-order valence-corrected chi connectivity index (χ4v) is 1.64. The van der Waals surface area contributed by atoms with E-state index < -0.39 is 4.92 Å². The summed E-state index contributed by atoms with van der Waals surface area (Å²) in [6.07, 6.45) is 0.952. The van der Waals surface area contributed by atoms with Crippen LogP contribution in [0.3, 0.4) is 0 Å². The Kier molecular flexibility index (Phi) is 6.17. The summed E-state index contributed by atoms with van der Waals surface area (Å²) >= 11 is 0. The smallest absolute Gasteiger partial charge is 0.276 e. The minimum atomic E-state index is -0.416. The van der Waals surface area contributed by atoms with Crippen LogP contribution in [0.1, 0.15) is 20.3 Å². The molecule has 0 saturated heterocycles. The molecule has 1 aromatic rings. The van der Waals surface area contributed by atoms with E-state index >= 15 is 0 Å². The van der Waals surface area contributed by atoms with Gasteiger partial charge >= 0.3 is 0 Å². The van der Waals surface area contributed by atoms with Crippen LogP contribution >= 0.6 is 0 Å². The molecule has 0 radical (unpaired) electrons. The normalized spacial score (nSPS) is 10.9. The van der Waals surface area contributed by atoms with Crippen molar-refractivity contribution in [3.05, 3.63) is 22.2 Å². The molecule has 0 unspecified atom stereocenters. The van der Waals surface area contributed by atoms with Crippen molar-refractivity contribution < 1.29 is 4.92 Å². The van der Waals surface area contributed by atoms with E-state index in [2.05, 4.69) is 41.4 Å². The van der Waals surface area contributed by atoms with Crippen LogP contribution in [-0.4, -0.2) is 48.0 Å². The van der Waals surface area contributed by atoms with Crippen LogP contribution in [0.4, 0.5) is 17.3 Å². The average molecular weight is 281 g/mol. The van der Waals surface area contributed by atoms with Gasteiger partial charge in [0.05, 0.1) is 17.1 Å². The fourth-order valence-electron chi connectivity index (χ4n) is 1.64. The zero-order chi connectivity index (χ0) is 15.1. The molecule has 0 aromatic carbocycles. The van der Waals surface area contributed by atoms with E-state index in [1.165, 1.54) is 12.1 Å². The Morgan fingerprint density at radius 3 is 2.60 bits per heavy atom. The van der Waals surface area contributed by atoms with Crippen LogP contribution in [0.2, 0.25) is 0 Å². The van der Waals surface area contributed by atoms with Crippen LogP contribution < -0.4 is 10.6 Å². The number of hydrogen-bond donors (Lipinski definition) is 2. The monoisotopic (exact) mass is 281 g/mol. The van der Waals surface area contributed by atoms with E-state index in [9.17, 15) is 10.1 Å². The van der Waals surface area contributed by atoms with Gasteiger partial charge in [0.1, 0.15) is 11.6 Å². The van der Waals surface area contributed by atoms with Gasteiger partial charge in [-0.25, -0.2) is 4.98 Å². The summed E-state index contributed by atoms with van der Waals surface area (Å²) in [5.41, 5.74) is 0.0335. The van der Waals surface area contributed by atoms with Gasteiger partial charge in [0.15, 0.2) is 0 Å². The lowest BCUT2D eigenvalue weighted by Gasteiger charge is -2.20. The molecule has 0 aliphatic rings. The summed E-state index contributed by atoms with van der Waals surface area (Å²) < 4.78 is 0. The van der Waals surface area contributed by atoms with Crippen molar-refractivity contribution in [2.75, 3.05) is 37.8 Å². The second kappa shape index (κ2) is 7.64. The summed E-state index contributed by atoms with van der Waals surface area (Å²) in [4.78, 5) is 16.9. The second-order valence-electron chi connectivity index (χ2n) is 4.96. The molecular weight excluding hydrogens is 258 g/mol. The summed E-state index contributed by atoms with van der Waals surface area (Å²) in [5, 5.41) is 16.8. The number of nitro groups is 1. The van der Waals surface area contributed by atoms with Crippen molar-refractivity contribution in [2.24, 2.45) is 0 Å². The van der Waals surface area contributed by atoms with Crippen molar-refractivity contribution in [1.82, 2.24) is 9.88 Å². The molecule has 1 heterocycles. The van der Waals surface area contributed by atoms with Crippen molar-refractivity contribution in [2.45, 2.75) is 26.3 Å². The van der Waals surface area contributed by atoms with Crippen molar-refractivity contribution in [3.63, 3.8) is 0 Å². The third-order valence-corrected chi connectivity index (χ3v) is 3.15. The Bertz CT molecular complexity index is 450. The highest BCUT2D eigenvalue weighted by Gasteiger charge is 2.10. The Labute approximate surface area is 119 Å². The topological polar surface area (TPSA) is 83.3 Å². The predicted molar refractivity (Wildman–Crippen MR) is 81.3 cm³/mol. The SMILES string of the molecule is CNc1cc([N+](=O)[O-])cc(NCCCN(C)C(C)C)n1. The van der Waals surface area contributed by atoms with Crippen molar-refractivity contribution >= 4 is 17.3 Å². The van der Waals surface area contributed by atoms with Crippen LogP contribution in [0.15, 0.2) is 12.1 Å². The number of rotatable bonds is 8. The second-order valence-corrected chi connectivity index (χ2v) is 4.96. The molecule has 0 saturated carbocycles. The maximum atomic E-state index is 10.8. The lowest BCUT2D eigenvalue weighted by Crippen LogP contribution is -2.28. The van der Waals surface area contributed by atoms with Crippen LogP contribution in [-0.2, 0) is 0 Å². The van der Waals surface area contributed by atoms with Gasteiger partial charge in [-0.15, -0.1) is 0 Å². The summed E-state index contributed by atoms with van der Waals surface area (Å²) in [6, 6.07) is 3.38. The highest BCUT2D eigenvalue weighted by atomic mass is 16.6. The molecule has 1 aromatic heterocycles. The first-order chi connectivity index (χ1) is 9.43. The maximum absolute atomic E-state index is 10.8. The summed E-state index contributed by atoms with van der Waals surface area (Å²) in [5.74, 6) is 1.01. The molecule has 0 bridgehead atoms. The average Bonchev–Trinajstić information content (AvgIpc) is 2.42. The first-order valence-corrected chi connectivity index (χ1v) is 6.72. The number of aromatic nitrogens is 1. The van der Waals surface area contributed by atoms with Crippen LogP contribution in [0.5, 0.6) is 0 Å². The molecule has 0 aliphatic heterocycles. The molecule has 2 N–H and O–H groups in total. The van der Waals surface area contributed by atoms with Gasteiger partial charge in [-0.2, -0.15) is 0 Å². The minimum absolute atomic E-state index is 0.0335. The molecule has 7 heteroatoms. The summed E-state index contributed by atoms with van der Waals surface area (Å²) in [6.45, 7) is 6.00. The largest absolute Gasteiger partial charge is 0.373 e. The van der Waals surface area contributed by atoms with E-state index in [-0.39, 0.29) is 5.69 Å². The van der Waals surface area contributed by atoms with Gasteiger partial charge in [-0.1, -0.05) is 0 Å². The van der Waals surface area contributed by atoms with Crippen LogP contribution in [0, 0.1) is 10.1 Å². The van der Waals surface area contributed by atoms with E-state index in [0.29, 0.717) is 17.7 Å². The van der Waals surface area contributed by atoms with Gasteiger partial charge in [0.25, 0.3) is 5.69 Å². The summed E-state index contributed by atoms with van der Waals surface area (Å²) in [7, 11) is 3.77. The molecule has 0 amide bonds. The molecular formula is C13H23N5O2. The van der Waals surface area contributed by atoms with E-state index in [4.69, 9.17) is 0 Å². The van der Waals surface area contributed by atoms with E-state index in [1.807, 2.05) is 0 Å². The van der Waals surface area contributed by atoms with E-state index in [0.717, 1.165) is 19.5 Å². The molecule has 0 fully saturated rings. The molecule has 0 aliphatic carbocycles. The standard InChI is InChI=1S/C13H23N5O2/c1-10(2)17(4)7-5-6-15-13-9-11(18(19)20)8-12(14-3)16-13/h8-10H,5-7H2,1-4H3,(H2,14,15,16). The number of nitrogens with zero attached hydrogens (tertiary/aromatic N) is 3. The van der Waals surface area contributed by atoms with Crippen LogP contribution in [0.25, 0.3) is 0 Å². The lowest BCUT2D eigenvalue weighted by atomic mass is 10.3. The molecule has 0 atom stereocenters. The lowest BCUT2D eigenvalue weighted by molar-refractivity contribution is -0.384. The zero-order valence-electron chi connectivity index (χ0n) is 12.5. The molecule has 20 heavy (non-hydrogen) atoms. The number of hydrogen-bond acceptors (Lipinski definition) is 6. The van der Waals surface area contributed by atoms with Gasteiger partial charge in [-0.3, -0.25) is 10.1 Å². The van der Waals surface area contributed by atoms with Gasteiger partial charge < -0.3 is 15.5 Å². The van der Waals surface area contributed by atoms with Gasteiger partial charge in [0, 0.05) is 19.6 Å². The third kappa shape index (κ3) is 5.00. The van der Waals surface area contributed by atoms with Crippen molar-refractivity contribution in [1.29, 1.82) is 0 Å². The van der Waals surface area contributed by atoms with Gasteiger partial charge in [-0.05, 0) is 33.9 Å². The zero-order valence-corrected chi connectivity index (χ0v) is 12.5. The third-order valence-electron chi connectivity index (χ3n) is 3.15. The van der Waals surface area contributed by atoms with Gasteiger partial charge in [0.2, 0.25) is 0 Å².